The molecule has 0 spiro atoms. The standard InChI is InChI=1S/C12H13Cl2N2.HI/c1-4-5-16-12-7-11(14)10(13)6-9(12)8(2)15(16)3;/h4,6-7H,1,5H2,2-3H3;1H/q+1;/p-1. The van der Waals surface area contributed by atoms with Crippen molar-refractivity contribution in [3.63, 3.8) is 0 Å². The Kier molecular flexibility index (Phi) is 4.86. The summed E-state index contributed by atoms with van der Waals surface area (Å²) in [5.41, 5.74) is 2.24. The molecule has 92 valence electrons. The summed E-state index contributed by atoms with van der Waals surface area (Å²) in [7, 11) is 2.01. The van der Waals surface area contributed by atoms with Gasteiger partial charge in [-0.1, -0.05) is 29.8 Å². The average Bonchev–Trinajstić information content (AvgIpc) is 2.46. The molecule has 0 radical (unpaired) electrons. The molecule has 0 bridgehead atoms. The van der Waals surface area contributed by atoms with E-state index in [4.69, 9.17) is 23.2 Å². The Labute approximate surface area is 128 Å². The van der Waals surface area contributed by atoms with Gasteiger partial charge in [0.15, 0.2) is 6.54 Å². The quantitative estimate of drug-likeness (QED) is 0.400. The summed E-state index contributed by atoms with van der Waals surface area (Å²) in [6.07, 6.45) is 1.86. The van der Waals surface area contributed by atoms with Gasteiger partial charge in [0.2, 0.25) is 5.52 Å². The molecule has 0 unspecified atom stereocenters. The van der Waals surface area contributed by atoms with E-state index in [1.54, 1.807) is 0 Å². The Morgan fingerprint density at radius 1 is 1.35 bits per heavy atom. The highest BCUT2D eigenvalue weighted by Crippen LogP contribution is 2.28. The SMILES string of the molecule is C=CC[n+]1c2cc(Cl)c(Cl)cc2c(C)n1C.[I-]. The lowest BCUT2D eigenvalue weighted by Crippen LogP contribution is -3.00. The largest absolute Gasteiger partial charge is 1.00 e. The van der Waals surface area contributed by atoms with Crippen LogP contribution in [0.25, 0.3) is 10.9 Å². The molecule has 0 aliphatic heterocycles. The minimum Gasteiger partial charge on any atom is -1.00 e. The van der Waals surface area contributed by atoms with E-state index in [0.29, 0.717) is 10.0 Å². The minimum atomic E-state index is 0. The van der Waals surface area contributed by atoms with Gasteiger partial charge >= 0.3 is 0 Å². The van der Waals surface area contributed by atoms with Gasteiger partial charge in [-0.25, -0.2) is 0 Å². The van der Waals surface area contributed by atoms with E-state index in [2.05, 4.69) is 22.9 Å². The van der Waals surface area contributed by atoms with Crippen LogP contribution in [-0.2, 0) is 13.6 Å². The molecule has 0 atom stereocenters. The van der Waals surface area contributed by atoms with Crippen molar-refractivity contribution < 1.29 is 28.7 Å². The second-order valence-electron chi connectivity index (χ2n) is 3.76. The maximum atomic E-state index is 6.04. The molecular weight excluding hydrogens is 370 g/mol. The molecule has 0 fully saturated rings. The van der Waals surface area contributed by atoms with E-state index in [9.17, 15) is 0 Å². The van der Waals surface area contributed by atoms with Crippen LogP contribution < -0.4 is 28.7 Å². The van der Waals surface area contributed by atoms with Gasteiger partial charge in [-0.2, -0.15) is 4.68 Å². The number of hydrogen-bond acceptors (Lipinski definition) is 0. The first-order valence-corrected chi connectivity index (χ1v) is 5.77. The summed E-state index contributed by atoms with van der Waals surface area (Å²) in [6.45, 7) is 6.57. The van der Waals surface area contributed by atoms with Gasteiger partial charge in [-0.3, -0.25) is 0 Å². The second kappa shape index (κ2) is 5.59. The molecule has 1 aromatic carbocycles. The Bertz CT molecular complexity index is 576. The van der Waals surface area contributed by atoms with E-state index in [0.717, 1.165) is 23.1 Å². The van der Waals surface area contributed by atoms with Gasteiger partial charge in [0.1, 0.15) is 0 Å². The highest BCUT2D eigenvalue weighted by Gasteiger charge is 2.19. The van der Waals surface area contributed by atoms with Crippen molar-refractivity contribution in [2.75, 3.05) is 0 Å². The Balaban J connectivity index is 0.00000144. The average molecular weight is 383 g/mol. The van der Waals surface area contributed by atoms with Gasteiger partial charge in [0.05, 0.1) is 28.2 Å². The molecular formula is C12H13Cl2IN2. The van der Waals surface area contributed by atoms with Crippen LogP contribution in [-0.4, -0.2) is 4.68 Å². The third-order valence-electron chi connectivity index (χ3n) is 2.86. The van der Waals surface area contributed by atoms with Crippen LogP contribution >= 0.6 is 23.2 Å². The van der Waals surface area contributed by atoms with Crippen LogP contribution in [0.15, 0.2) is 24.8 Å². The van der Waals surface area contributed by atoms with Gasteiger partial charge in [-0.15, -0.1) is 4.68 Å². The Morgan fingerprint density at radius 3 is 2.53 bits per heavy atom. The van der Waals surface area contributed by atoms with Crippen molar-refractivity contribution in [2.45, 2.75) is 13.5 Å². The summed E-state index contributed by atoms with van der Waals surface area (Å²) >= 11 is 12.1. The number of benzene rings is 1. The summed E-state index contributed by atoms with van der Waals surface area (Å²) in [4.78, 5) is 0. The lowest BCUT2D eigenvalue weighted by molar-refractivity contribution is -0.742. The molecule has 2 nitrogen and oxygen atoms in total. The smallest absolute Gasteiger partial charge is 0.240 e. The molecule has 0 saturated carbocycles. The Morgan fingerprint density at radius 2 is 1.94 bits per heavy atom. The molecule has 1 aromatic heterocycles. The zero-order valence-electron chi connectivity index (χ0n) is 9.67. The first-order valence-electron chi connectivity index (χ1n) is 5.01. The summed E-state index contributed by atoms with van der Waals surface area (Å²) in [6, 6.07) is 3.81. The number of aromatic nitrogens is 2. The molecule has 2 rings (SSSR count). The predicted octanol–water partition coefficient (Wildman–Crippen LogP) is 0.271. The summed E-state index contributed by atoms with van der Waals surface area (Å²) in [5.74, 6) is 0. The van der Waals surface area contributed by atoms with Crippen LogP contribution in [0.3, 0.4) is 0 Å². The highest BCUT2D eigenvalue weighted by molar-refractivity contribution is 6.42. The fraction of sp³-hybridized carbons (Fsp3) is 0.250. The molecule has 17 heavy (non-hydrogen) atoms. The number of nitrogens with zero attached hydrogens (tertiary/aromatic N) is 2. The zero-order valence-corrected chi connectivity index (χ0v) is 13.3. The molecule has 0 amide bonds. The van der Waals surface area contributed by atoms with Crippen molar-refractivity contribution in [1.82, 2.24) is 4.68 Å². The number of aryl methyl sites for hydroxylation is 1. The van der Waals surface area contributed by atoms with Crippen LogP contribution in [0.4, 0.5) is 0 Å². The number of halogens is 3. The first kappa shape index (κ1) is 14.8. The fourth-order valence-corrected chi connectivity index (χ4v) is 2.22. The van der Waals surface area contributed by atoms with Gasteiger partial charge in [0, 0.05) is 6.07 Å². The van der Waals surface area contributed by atoms with Crippen LogP contribution in [0, 0.1) is 6.92 Å². The zero-order chi connectivity index (χ0) is 11.9. The molecule has 5 heteroatoms. The van der Waals surface area contributed by atoms with Crippen molar-refractivity contribution in [2.24, 2.45) is 7.05 Å². The van der Waals surface area contributed by atoms with E-state index >= 15 is 0 Å². The molecule has 1 heterocycles. The molecule has 2 aromatic rings. The lowest BCUT2D eigenvalue weighted by Gasteiger charge is -1.95. The van der Waals surface area contributed by atoms with Crippen LogP contribution in [0.2, 0.25) is 10.0 Å². The maximum absolute atomic E-state index is 6.04. The molecule has 0 aliphatic carbocycles. The van der Waals surface area contributed by atoms with Crippen molar-refractivity contribution in [1.29, 1.82) is 0 Å². The number of rotatable bonds is 2. The number of allylic oxidation sites excluding steroid dienone is 1. The molecule has 0 N–H and O–H groups in total. The Hall–Kier alpha value is -0.260. The van der Waals surface area contributed by atoms with E-state index in [1.165, 1.54) is 0 Å². The third-order valence-corrected chi connectivity index (χ3v) is 3.58. The third kappa shape index (κ3) is 2.46. The highest BCUT2D eigenvalue weighted by atomic mass is 127. The van der Waals surface area contributed by atoms with Crippen molar-refractivity contribution >= 4 is 34.1 Å². The fourth-order valence-electron chi connectivity index (χ4n) is 1.90. The van der Waals surface area contributed by atoms with Crippen molar-refractivity contribution in [3.8, 4) is 0 Å². The van der Waals surface area contributed by atoms with Gasteiger partial charge in [-0.05, 0) is 19.1 Å². The minimum absolute atomic E-state index is 0. The lowest BCUT2D eigenvalue weighted by atomic mass is 10.2. The molecule has 0 saturated heterocycles. The summed E-state index contributed by atoms with van der Waals surface area (Å²) < 4.78 is 4.19. The van der Waals surface area contributed by atoms with E-state index in [1.807, 2.05) is 25.3 Å². The topological polar surface area (TPSA) is 8.81 Å². The van der Waals surface area contributed by atoms with Crippen molar-refractivity contribution in [3.05, 3.63) is 40.5 Å². The predicted molar refractivity (Wildman–Crippen MR) is 68.1 cm³/mol. The van der Waals surface area contributed by atoms with E-state index < -0.39 is 0 Å². The second-order valence-corrected chi connectivity index (χ2v) is 4.58. The van der Waals surface area contributed by atoms with Crippen LogP contribution in [0.5, 0.6) is 0 Å². The van der Waals surface area contributed by atoms with Gasteiger partial charge < -0.3 is 24.0 Å². The number of hydrogen-bond donors (Lipinski definition) is 0. The normalized spacial score (nSPS) is 10.4. The molecule has 0 aliphatic rings. The first-order chi connectivity index (χ1) is 7.56. The monoisotopic (exact) mass is 382 g/mol. The summed E-state index contributed by atoms with van der Waals surface area (Å²) in [5, 5.41) is 2.30. The van der Waals surface area contributed by atoms with E-state index in [-0.39, 0.29) is 24.0 Å². The number of fused-ring (bicyclic) bond motifs is 1. The van der Waals surface area contributed by atoms with Crippen LogP contribution in [0.1, 0.15) is 5.69 Å². The van der Waals surface area contributed by atoms with Gasteiger partial charge in [0.25, 0.3) is 0 Å². The maximum Gasteiger partial charge on any atom is 0.240 e.